The molecule has 1 heterocycles. The molecule has 0 aromatic heterocycles. The molecule has 2 fully saturated rings. The number of piperazine rings is 1. The number of amides is 1. The van der Waals surface area contributed by atoms with Gasteiger partial charge in [-0.2, -0.15) is 0 Å². The summed E-state index contributed by atoms with van der Waals surface area (Å²) in [5.41, 5.74) is -0.480. The molecule has 74 valence electrons. The first-order valence-electron chi connectivity index (χ1n) is 4.72. The molecule has 1 spiro atoms. The summed E-state index contributed by atoms with van der Waals surface area (Å²) in [5, 5.41) is 7.13. The fraction of sp³-hybridized carbons (Fsp3) is 0.778. The quantitative estimate of drug-likeness (QED) is 0.581. The molecule has 0 aromatic carbocycles. The van der Waals surface area contributed by atoms with Crippen LogP contribution in [0.15, 0.2) is 0 Å². The topological polar surface area (TPSA) is 60.3 Å². The Hall–Kier alpha value is -1.90. The Morgan fingerprint density at radius 3 is 2.43 bits per heavy atom. The third kappa shape index (κ3) is 1.44. The molecule has 1 N–H and O–H groups in total. The number of Topliss-reactive ketones (excluding diaryl/α,β-unsaturated/α-hetero) is 1. The Labute approximate surface area is 77.1 Å². The average molecular weight is 450 g/mol. The maximum atomic E-state index is 11.5. The summed E-state index contributed by atoms with van der Waals surface area (Å²) in [7, 11) is 0. The van der Waals surface area contributed by atoms with Crippen molar-refractivity contribution in [3.05, 3.63) is 5.32 Å². The Morgan fingerprint density at radius 1 is 1.21 bits per heavy atom. The number of carbonyl (C=O) groups excluding carboxylic acids is 2. The molecule has 2 rings (SSSR count). The zero-order valence-corrected chi connectivity index (χ0v) is 14.7. The van der Waals surface area contributed by atoms with E-state index in [4.69, 9.17) is 0 Å². The minimum absolute atomic E-state index is 0. The van der Waals surface area contributed by atoms with Crippen LogP contribution in [0.2, 0.25) is 0 Å². The van der Waals surface area contributed by atoms with Crippen LogP contribution in [0.4, 0.5) is 0 Å². The molecule has 14 heavy (non-hydrogen) atoms. The van der Waals surface area contributed by atoms with Gasteiger partial charge in [-0.15, -0.1) is 6.54 Å². The Kier molecular flexibility index (Phi) is 2.51. The second-order valence-electron chi connectivity index (χ2n) is 3.73. The van der Waals surface area contributed by atoms with Crippen LogP contribution in [-0.2, 0) is 9.59 Å². The zero-order chi connectivity index (χ0) is 9.31. The first-order chi connectivity index (χ1) is 6.23. The van der Waals surface area contributed by atoms with Crippen LogP contribution in [0.25, 0.3) is 5.32 Å². The molecule has 1 saturated heterocycles. The standard InChI is InChI=1S/C9H14N2O2.Sg/c12-7-1-3-9(4-2-7)8(13)10-5-6-11-9;/h11H,1-6H2,(H,10,13);/p-1. The molecule has 0 radical (unpaired) electrons. The average Bonchev–Trinajstić information content (AvgIpc) is 2.15. The van der Waals surface area contributed by atoms with Gasteiger partial charge in [-0.25, -0.2) is 0 Å². The predicted octanol–water partition coefficient (Wildman–Crippen LogP) is 0.372. The van der Waals surface area contributed by atoms with Crippen molar-refractivity contribution < 1.29 is 9.59 Å². The molecular formula is C9H13N2O2Sg-. The number of ketones is 1. The predicted molar refractivity (Wildman–Crippen MR) is 47.4 cm³/mol. The number of nitrogens with zero attached hydrogens (tertiary/aromatic N) is 1. The molecule has 0 atom stereocenters. The van der Waals surface area contributed by atoms with Crippen molar-refractivity contribution in [1.82, 2.24) is 5.32 Å². The first-order valence-corrected chi connectivity index (χ1v) is 4.72. The fourth-order valence-corrected chi connectivity index (χ4v) is 2.03. The summed E-state index contributed by atoms with van der Waals surface area (Å²) in [6, 6.07) is 0. The molecule has 1 saturated carbocycles. The SMILES string of the molecule is O=C1CCC2(CC1)NCC[N-]C2=O.[Sg]. The molecule has 1 aliphatic carbocycles. The van der Waals surface area contributed by atoms with Gasteiger partial charge in [0, 0.05) is 12.8 Å². The van der Waals surface area contributed by atoms with Crippen LogP contribution in [0.3, 0.4) is 0 Å². The smallest absolute Gasteiger partial charge is 0.133 e. The van der Waals surface area contributed by atoms with Crippen LogP contribution >= 0.6 is 0 Å². The van der Waals surface area contributed by atoms with E-state index in [1.54, 1.807) is 0 Å². The molecule has 5 heteroatoms. The van der Waals surface area contributed by atoms with Gasteiger partial charge in [0.1, 0.15) is 5.78 Å². The van der Waals surface area contributed by atoms with E-state index >= 15 is 0 Å². The van der Waals surface area contributed by atoms with E-state index in [0.717, 1.165) is 6.54 Å². The maximum Gasteiger partial charge on any atom is 0.133 e. The van der Waals surface area contributed by atoms with E-state index in [2.05, 4.69) is 10.6 Å². The van der Waals surface area contributed by atoms with E-state index in [9.17, 15) is 9.59 Å². The minimum Gasteiger partial charge on any atom is -0.651 e. The molecule has 0 aromatic rings. The van der Waals surface area contributed by atoms with Gasteiger partial charge in [0.15, 0.2) is 0 Å². The second kappa shape index (κ2) is 3.46. The van der Waals surface area contributed by atoms with Crippen LogP contribution in [0.1, 0.15) is 25.7 Å². The second-order valence-corrected chi connectivity index (χ2v) is 3.73. The molecular weight excluding hydrogens is 437 g/mol. The van der Waals surface area contributed by atoms with Gasteiger partial charge in [-0.05, 0) is 19.4 Å². The number of hydrogen-bond acceptors (Lipinski definition) is 3. The summed E-state index contributed by atoms with van der Waals surface area (Å²) in [6.45, 7) is 1.34. The van der Waals surface area contributed by atoms with Gasteiger partial charge in [0.05, 0.1) is 11.4 Å². The normalized spacial score (nSPS) is 25.4. The van der Waals surface area contributed by atoms with Gasteiger partial charge in [0.25, 0.3) is 0 Å². The van der Waals surface area contributed by atoms with E-state index in [1.807, 2.05) is 0 Å². The molecule has 2 aliphatic rings. The van der Waals surface area contributed by atoms with Crippen LogP contribution in [-0.4, -0.2) is 30.3 Å². The summed E-state index contributed by atoms with van der Waals surface area (Å²) in [6.07, 6.45) is 2.31. The van der Waals surface area contributed by atoms with Crippen molar-refractivity contribution in [3.63, 3.8) is 0 Å². The van der Waals surface area contributed by atoms with Gasteiger partial charge in [0.2, 0.25) is 0 Å². The summed E-state index contributed by atoms with van der Waals surface area (Å²) in [4.78, 5) is 22.6. The molecule has 4 nitrogen and oxygen atoms in total. The monoisotopic (exact) mass is 452 g/mol. The Balaban J connectivity index is 0.000000980. The van der Waals surface area contributed by atoms with Gasteiger partial charge in [-0.3, -0.25) is 4.79 Å². The van der Waals surface area contributed by atoms with Gasteiger partial charge in [-0.1, -0.05) is 0 Å². The van der Waals surface area contributed by atoms with E-state index < -0.39 is 5.54 Å². The molecule has 1 aliphatic heterocycles. The van der Waals surface area contributed by atoms with Crippen molar-refractivity contribution >= 4 is 11.7 Å². The van der Waals surface area contributed by atoms with Crippen molar-refractivity contribution in [3.8, 4) is 0 Å². The summed E-state index contributed by atoms with van der Waals surface area (Å²) in [5.74, 6) is 0.219. The first kappa shape index (κ1) is 10.2. The van der Waals surface area contributed by atoms with Crippen molar-refractivity contribution in [1.29, 1.82) is 0 Å². The number of nitrogens with one attached hydrogen (secondary N) is 1. The maximum absolute atomic E-state index is 11.5. The minimum atomic E-state index is -0.480. The third-order valence-corrected chi connectivity index (χ3v) is 2.90. The van der Waals surface area contributed by atoms with E-state index in [1.165, 1.54) is 0 Å². The van der Waals surface area contributed by atoms with Crippen molar-refractivity contribution in [2.45, 2.75) is 31.2 Å². The number of hydrogen-bond donors (Lipinski definition) is 1. The van der Waals surface area contributed by atoms with Crippen LogP contribution in [0, 0.1) is 0 Å². The summed E-state index contributed by atoms with van der Waals surface area (Å²) < 4.78 is 0. The van der Waals surface area contributed by atoms with Crippen LogP contribution < -0.4 is 5.32 Å². The fourth-order valence-electron chi connectivity index (χ4n) is 2.03. The van der Waals surface area contributed by atoms with Crippen LogP contribution in [0.5, 0.6) is 0 Å². The largest absolute Gasteiger partial charge is 0.651 e. The van der Waals surface area contributed by atoms with Gasteiger partial charge >= 0.3 is 0 Å². The molecule has 1 amide bonds. The summed E-state index contributed by atoms with van der Waals surface area (Å²) >= 11 is 0. The van der Waals surface area contributed by atoms with E-state index in [0.29, 0.717) is 32.2 Å². The van der Waals surface area contributed by atoms with Gasteiger partial charge < -0.3 is 15.4 Å². The van der Waals surface area contributed by atoms with Crippen molar-refractivity contribution in [2.24, 2.45) is 0 Å². The third-order valence-electron chi connectivity index (χ3n) is 2.90. The number of rotatable bonds is 0. The Morgan fingerprint density at radius 2 is 1.86 bits per heavy atom. The van der Waals surface area contributed by atoms with Crippen molar-refractivity contribution in [2.75, 3.05) is 13.1 Å². The molecule has 0 bridgehead atoms. The zero-order valence-electron chi connectivity index (χ0n) is 8.21. The van der Waals surface area contributed by atoms with E-state index in [-0.39, 0.29) is 11.7 Å². The number of carbonyl (C=O) groups is 2. The molecule has 0 unspecified atom stereocenters. The Bertz CT molecular complexity index is 245.